The Hall–Kier alpha value is -0.760. The van der Waals surface area contributed by atoms with E-state index in [0.29, 0.717) is 21.8 Å². The van der Waals surface area contributed by atoms with Gasteiger partial charge in [0.1, 0.15) is 5.82 Å². The molecule has 2 N–H and O–H groups in total. The first-order chi connectivity index (χ1) is 6.37. The van der Waals surface area contributed by atoms with Crippen molar-refractivity contribution in [1.29, 1.82) is 0 Å². The lowest BCUT2D eigenvalue weighted by Gasteiger charge is -2.17. The van der Waals surface area contributed by atoms with Gasteiger partial charge in [0, 0.05) is 5.56 Å². The van der Waals surface area contributed by atoms with Crippen molar-refractivity contribution >= 4 is 17.3 Å². The van der Waals surface area contributed by atoms with Gasteiger partial charge in [-0.3, -0.25) is 0 Å². The fraction of sp³-hybridized carbons (Fsp3) is 0.455. The molecule has 0 fully saturated rings. The lowest BCUT2D eigenvalue weighted by Crippen LogP contribution is -2.05. The molecule has 0 unspecified atom stereocenters. The Morgan fingerprint density at radius 2 is 1.71 bits per heavy atom. The van der Waals surface area contributed by atoms with E-state index in [1.165, 1.54) is 0 Å². The minimum atomic E-state index is -0.243. The molecule has 0 radical (unpaired) electrons. The highest BCUT2D eigenvalue weighted by Crippen LogP contribution is 2.36. The van der Waals surface area contributed by atoms with Crippen LogP contribution in [-0.2, 0) is 0 Å². The summed E-state index contributed by atoms with van der Waals surface area (Å²) in [6, 6.07) is 0. The standard InChI is InChI=1S/C11H15ClFN/c1-5(2)8-6(3)10(13)7(4)9(12)11(8)14/h5H,14H2,1-4H3. The van der Waals surface area contributed by atoms with Gasteiger partial charge in [-0.1, -0.05) is 25.4 Å². The van der Waals surface area contributed by atoms with Crippen LogP contribution in [0, 0.1) is 19.7 Å². The number of hydrogen-bond acceptors (Lipinski definition) is 1. The lowest BCUT2D eigenvalue weighted by atomic mass is 9.94. The van der Waals surface area contributed by atoms with Gasteiger partial charge in [0.05, 0.1) is 10.7 Å². The molecule has 0 spiro atoms. The SMILES string of the molecule is Cc1c(F)c(C)c(C(C)C)c(N)c1Cl. The van der Waals surface area contributed by atoms with E-state index in [-0.39, 0.29) is 11.7 Å². The van der Waals surface area contributed by atoms with Crippen molar-refractivity contribution in [3.8, 4) is 0 Å². The number of rotatable bonds is 1. The molecule has 1 nitrogen and oxygen atoms in total. The van der Waals surface area contributed by atoms with E-state index in [4.69, 9.17) is 17.3 Å². The Balaban J connectivity index is 3.60. The summed E-state index contributed by atoms with van der Waals surface area (Å²) in [6.45, 7) is 7.34. The van der Waals surface area contributed by atoms with Crippen molar-refractivity contribution in [3.63, 3.8) is 0 Å². The summed E-state index contributed by atoms with van der Waals surface area (Å²) in [5, 5.41) is 0.344. The van der Waals surface area contributed by atoms with Gasteiger partial charge in [0.25, 0.3) is 0 Å². The molecule has 0 aliphatic heterocycles. The minimum absolute atomic E-state index is 0.183. The fourth-order valence-corrected chi connectivity index (χ4v) is 1.95. The van der Waals surface area contributed by atoms with Crippen LogP contribution < -0.4 is 5.73 Å². The fourth-order valence-electron chi connectivity index (χ4n) is 1.76. The van der Waals surface area contributed by atoms with Crippen LogP contribution >= 0.6 is 11.6 Å². The van der Waals surface area contributed by atoms with Gasteiger partial charge in [-0.05, 0) is 30.9 Å². The van der Waals surface area contributed by atoms with Crippen LogP contribution in [0.5, 0.6) is 0 Å². The number of benzene rings is 1. The number of hydrogen-bond donors (Lipinski definition) is 1. The topological polar surface area (TPSA) is 26.0 Å². The Labute approximate surface area is 89.1 Å². The van der Waals surface area contributed by atoms with Gasteiger partial charge in [0.15, 0.2) is 0 Å². The highest BCUT2D eigenvalue weighted by molar-refractivity contribution is 6.34. The summed E-state index contributed by atoms with van der Waals surface area (Å²) in [7, 11) is 0. The molecule has 0 saturated carbocycles. The molecule has 0 atom stereocenters. The highest BCUT2D eigenvalue weighted by Gasteiger charge is 2.18. The molecular formula is C11H15ClFN. The van der Waals surface area contributed by atoms with E-state index in [0.717, 1.165) is 5.56 Å². The molecule has 0 heterocycles. The van der Waals surface area contributed by atoms with Crippen molar-refractivity contribution in [1.82, 2.24) is 0 Å². The van der Waals surface area contributed by atoms with Gasteiger partial charge in [-0.25, -0.2) is 4.39 Å². The zero-order valence-corrected chi connectivity index (χ0v) is 9.67. The predicted octanol–water partition coefficient (Wildman–Crippen LogP) is 3.80. The van der Waals surface area contributed by atoms with Gasteiger partial charge in [-0.15, -0.1) is 0 Å². The van der Waals surface area contributed by atoms with Crippen LogP contribution in [0.4, 0.5) is 10.1 Å². The third-order valence-electron chi connectivity index (χ3n) is 2.50. The number of nitrogens with two attached hydrogens (primary N) is 1. The smallest absolute Gasteiger partial charge is 0.130 e. The van der Waals surface area contributed by atoms with Crippen LogP contribution in [0.25, 0.3) is 0 Å². The largest absolute Gasteiger partial charge is 0.397 e. The average molecular weight is 216 g/mol. The van der Waals surface area contributed by atoms with E-state index in [2.05, 4.69) is 0 Å². The van der Waals surface area contributed by atoms with Crippen LogP contribution in [0.1, 0.15) is 36.5 Å². The lowest BCUT2D eigenvalue weighted by molar-refractivity contribution is 0.604. The molecule has 1 aromatic rings. The second-order valence-electron chi connectivity index (χ2n) is 3.86. The molecule has 1 rings (SSSR count). The zero-order chi connectivity index (χ0) is 11.0. The van der Waals surface area contributed by atoms with Gasteiger partial charge < -0.3 is 5.73 Å². The third kappa shape index (κ3) is 1.59. The summed E-state index contributed by atoms with van der Waals surface area (Å²) < 4.78 is 13.7. The van der Waals surface area contributed by atoms with Crippen molar-refractivity contribution in [2.24, 2.45) is 0 Å². The van der Waals surface area contributed by atoms with Crippen LogP contribution in [0.15, 0.2) is 0 Å². The number of anilines is 1. The van der Waals surface area contributed by atoms with E-state index in [1.54, 1.807) is 13.8 Å². The van der Waals surface area contributed by atoms with Gasteiger partial charge in [0.2, 0.25) is 0 Å². The second-order valence-corrected chi connectivity index (χ2v) is 4.24. The van der Waals surface area contributed by atoms with E-state index < -0.39 is 0 Å². The Morgan fingerprint density at radius 1 is 1.21 bits per heavy atom. The maximum absolute atomic E-state index is 13.7. The molecule has 0 aliphatic carbocycles. The van der Waals surface area contributed by atoms with Gasteiger partial charge in [-0.2, -0.15) is 0 Å². The quantitative estimate of drug-likeness (QED) is 0.709. The first-order valence-corrected chi connectivity index (χ1v) is 4.99. The Bertz CT molecular complexity index is 343. The van der Waals surface area contributed by atoms with Gasteiger partial charge >= 0.3 is 0 Å². The van der Waals surface area contributed by atoms with Crippen molar-refractivity contribution < 1.29 is 4.39 Å². The number of nitrogen functional groups attached to an aromatic ring is 1. The molecule has 14 heavy (non-hydrogen) atoms. The summed E-state index contributed by atoms with van der Waals surface area (Å²) in [4.78, 5) is 0. The highest BCUT2D eigenvalue weighted by atomic mass is 35.5. The molecule has 0 bridgehead atoms. The molecule has 0 aromatic heterocycles. The van der Waals surface area contributed by atoms with Crippen molar-refractivity contribution in [3.05, 3.63) is 27.5 Å². The molecule has 0 saturated heterocycles. The Kier molecular flexibility index (Phi) is 3.05. The summed E-state index contributed by atoms with van der Waals surface area (Å²) in [5.41, 5.74) is 8.23. The maximum Gasteiger partial charge on any atom is 0.130 e. The van der Waals surface area contributed by atoms with Crippen LogP contribution in [-0.4, -0.2) is 0 Å². The normalized spacial score (nSPS) is 11.1. The predicted molar refractivity (Wildman–Crippen MR) is 59.4 cm³/mol. The van der Waals surface area contributed by atoms with Crippen molar-refractivity contribution in [2.75, 3.05) is 5.73 Å². The molecule has 3 heteroatoms. The molecular weight excluding hydrogens is 201 g/mol. The van der Waals surface area contributed by atoms with Crippen LogP contribution in [0.2, 0.25) is 5.02 Å². The summed E-state index contributed by atoms with van der Waals surface area (Å²) >= 11 is 5.94. The third-order valence-corrected chi connectivity index (χ3v) is 2.98. The minimum Gasteiger partial charge on any atom is -0.397 e. The maximum atomic E-state index is 13.7. The van der Waals surface area contributed by atoms with Crippen molar-refractivity contribution in [2.45, 2.75) is 33.6 Å². The number of halogens is 2. The zero-order valence-electron chi connectivity index (χ0n) is 8.91. The molecule has 78 valence electrons. The Morgan fingerprint density at radius 3 is 2.14 bits per heavy atom. The first kappa shape index (κ1) is 11.3. The molecule has 0 amide bonds. The van der Waals surface area contributed by atoms with Crippen LogP contribution in [0.3, 0.4) is 0 Å². The van der Waals surface area contributed by atoms with E-state index in [1.807, 2.05) is 13.8 Å². The first-order valence-electron chi connectivity index (χ1n) is 4.61. The van der Waals surface area contributed by atoms with E-state index in [9.17, 15) is 4.39 Å². The van der Waals surface area contributed by atoms with E-state index >= 15 is 0 Å². The monoisotopic (exact) mass is 215 g/mol. The summed E-state index contributed by atoms with van der Waals surface area (Å²) in [6.07, 6.45) is 0. The average Bonchev–Trinajstić information content (AvgIpc) is 2.11. The summed E-state index contributed by atoms with van der Waals surface area (Å²) in [5.74, 6) is -0.0597. The second kappa shape index (κ2) is 3.77. The molecule has 1 aromatic carbocycles. The molecule has 0 aliphatic rings.